The maximum atomic E-state index is 12.2. The van der Waals surface area contributed by atoms with Crippen molar-refractivity contribution in [2.24, 2.45) is 0 Å². The molecule has 0 heterocycles. The van der Waals surface area contributed by atoms with Crippen molar-refractivity contribution < 1.29 is 9.53 Å². The molecule has 0 spiro atoms. The van der Waals surface area contributed by atoms with Crippen molar-refractivity contribution in [2.75, 3.05) is 20.3 Å². The molecule has 1 N–H and O–H groups in total. The topological polar surface area (TPSA) is 38.3 Å². The summed E-state index contributed by atoms with van der Waals surface area (Å²) in [5, 5.41) is 3.57. The maximum absolute atomic E-state index is 12.2. The number of carbonyl (C=O) groups is 1. The predicted molar refractivity (Wildman–Crippen MR) is 76.6 cm³/mol. The van der Waals surface area contributed by atoms with Crippen LogP contribution in [-0.2, 0) is 11.2 Å². The van der Waals surface area contributed by atoms with E-state index in [1.807, 2.05) is 12.1 Å². The second-order valence-corrected chi connectivity index (χ2v) is 5.13. The van der Waals surface area contributed by atoms with Crippen molar-refractivity contribution in [3.8, 4) is 0 Å². The number of ether oxygens (including phenoxy) is 1. The van der Waals surface area contributed by atoms with Gasteiger partial charge in [0.1, 0.15) is 6.61 Å². The third kappa shape index (κ3) is 3.23. The van der Waals surface area contributed by atoms with Crippen LogP contribution < -0.4 is 5.32 Å². The first-order valence-electron chi connectivity index (χ1n) is 7.15. The number of hydrogen-bond acceptors (Lipinski definition) is 3. The largest absolute Gasteiger partial charge is 0.377 e. The van der Waals surface area contributed by atoms with Crippen LogP contribution in [0.1, 0.15) is 53.7 Å². The predicted octanol–water partition coefficient (Wildman–Crippen LogP) is 2.89. The van der Waals surface area contributed by atoms with Crippen LogP contribution in [0.25, 0.3) is 0 Å². The number of fused-ring (bicyclic) bond motifs is 1. The van der Waals surface area contributed by atoms with Gasteiger partial charge in [-0.3, -0.25) is 4.79 Å². The first kappa shape index (κ1) is 14.2. The molecule has 1 aromatic rings. The van der Waals surface area contributed by atoms with Crippen LogP contribution in [0.15, 0.2) is 18.2 Å². The van der Waals surface area contributed by atoms with E-state index in [-0.39, 0.29) is 12.4 Å². The van der Waals surface area contributed by atoms with Crippen molar-refractivity contribution in [2.45, 2.75) is 38.6 Å². The minimum absolute atomic E-state index is 0.0875. The van der Waals surface area contributed by atoms with E-state index in [1.54, 1.807) is 7.11 Å². The molecule has 0 aliphatic heterocycles. The minimum atomic E-state index is 0.0875. The molecule has 2 rings (SSSR count). The van der Waals surface area contributed by atoms with Crippen LogP contribution in [0, 0.1) is 0 Å². The molecule has 0 aromatic heterocycles. The van der Waals surface area contributed by atoms with Gasteiger partial charge in [-0.2, -0.15) is 0 Å². The average Bonchev–Trinajstić information content (AvgIpc) is 2.44. The second-order valence-electron chi connectivity index (χ2n) is 5.13. The zero-order valence-corrected chi connectivity index (χ0v) is 11.9. The lowest BCUT2D eigenvalue weighted by atomic mass is 9.83. The molecule has 1 unspecified atom stereocenters. The van der Waals surface area contributed by atoms with E-state index < -0.39 is 0 Å². The zero-order chi connectivity index (χ0) is 13.7. The van der Waals surface area contributed by atoms with Gasteiger partial charge >= 0.3 is 0 Å². The SMILES string of the molecule is CCCNC1CCCc2cccc(C(=O)COC)c21. The number of ketones is 1. The highest BCUT2D eigenvalue weighted by Gasteiger charge is 2.24. The summed E-state index contributed by atoms with van der Waals surface area (Å²) in [5.74, 6) is 0.0875. The molecule has 104 valence electrons. The molecule has 0 radical (unpaired) electrons. The number of aryl methyl sites for hydroxylation is 1. The van der Waals surface area contributed by atoms with Gasteiger partial charge in [-0.05, 0) is 43.4 Å². The Balaban J connectivity index is 2.32. The fourth-order valence-electron chi connectivity index (χ4n) is 2.86. The van der Waals surface area contributed by atoms with E-state index in [2.05, 4.69) is 18.3 Å². The molecular weight excluding hydrogens is 238 g/mol. The molecule has 1 atom stereocenters. The molecule has 0 fully saturated rings. The van der Waals surface area contributed by atoms with Gasteiger partial charge in [-0.25, -0.2) is 0 Å². The Morgan fingerprint density at radius 3 is 3.05 bits per heavy atom. The lowest BCUT2D eigenvalue weighted by Crippen LogP contribution is -2.28. The number of benzene rings is 1. The number of methoxy groups -OCH3 is 1. The Morgan fingerprint density at radius 2 is 2.32 bits per heavy atom. The molecule has 1 aromatic carbocycles. The summed E-state index contributed by atoms with van der Waals surface area (Å²) in [4.78, 5) is 12.2. The van der Waals surface area contributed by atoms with Gasteiger partial charge in [0.15, 0.2) is 5.78 Å². The van der Waals surface area contributed by atoms with Gasteiger partial charge in [-0.15, -0.1) is 0 Å². The van der Waals surface area contributed by atoms with Gasteiger partial charge in [0, 0.05) is 18.7 Å². The van der Waals surface area contributed by atoms with Crippen molar-refractivity contribution >= 4 is 5.78 Å². The Labute approximate surface area is 115 Å². The van der Waals surface area contributed by atoms with Gasteiger partial charge in [0.05, 0.1) is 0 Å². The molecule has 0 amide bonds. The second kappa shape index (κ2) is 6.83. The Morgan fingerprint density at radius 1 is 1.47 bits per heavy atom. The summed E-state index contributed by atoms with van der Waals surface area (Å²) < 4.78 is 5.00. The number of hydrogen-bond donors (Lipinski definition) is 1. The maximum Gasteiger partial charge on any atom is 0.188 e. The van der Waals surface area contributed by atoms with Crippen LogP contribution >= 0.6 is 0 Å². The Hall–Kier alpha value is -1.19. The number of rotatable bonds is 6. The summed E-state index contributed by atoms with van der Waals surface area (Å²) >= 11 is 0. The first-order valence-corrected chi connectivity index (χ1v) is 7.15. The molecule has 1 aliphatic rings. The molecule has 19 heavy (non-hydrogen) atoms. The molecule has 3 nitrogen and oxygen atoms in total. The van der Waals surface area contributed by atoms with Gasteiger partial charge in [-0.1, -0.05) is 25.1 Å². The van der Waals surface area contributed by atoms with Crippen LogP contribution in [0.5, 0.6) is 0 Å². The molecular formula is C16H23NO2. The third-order valence-corrected chi connectivity index (χ3v) is 3.70. The third-order valence-electron chi connectivity index (χ3n) is 3.70. The van der Waals surface area contributed by atoms with Crippen molar-refractivity contribution in [3.05, 3.63) is 34.9 Å². The highest BCUT2D eigenvalue weighted by Crippen LogP contribution is 2.32. The quantitative estimate of drug-likeness (QED) is 0.800. The first-order chi connectivity index (χ1) is 9.27. The lowest BCUT2D eigenvalue weighted by Gasteiger charge is -2.28. The van der Waals surface area contributed by atoms with E-state index in [0.29, 0.717) is 6.04 Å². The number of nitrogens with one attached hydrogen (secondary N) is 1. The van der Waals surface area contributed by atoms with E-state index >= 15 is 0 Å². The highest BCUT2D eigenvalue weighted by atomic mass is 16.5. The normalized spacial score (nSPS) is 18.1. The molecule has 3 heteroatoms. The van der Waals surface area contributed by atoms with E-state index in [4.69, 9.17) is 4.74 Å². The van der Waals surface area contributed by atoms with Crippen molar-refractivity contribution in [1.82, 2.24) is 5.32 Å². The average molecular weight is 261 g/mol. The van der Waals surface area contributed by atoms with E-state index in [1.165, 1.54) is 17.5 Å². The standard InChI is InChI=1S/C16H23NO2/c1-3-10-17-14-9-5-7-12-6-4-8-13(16(12)14)15(18)11-19-2/h4,6,8,14,17H,3,5,7,9-11H2,1-2H3. The summed E-state index contributed by atoms with van der Waals surface area (Å²) in [6.45, 7) is 3.33. The smallest absolute Gasteiger partial charge is 0.188 e. The molecule has 0 saturated heterocycles. The number of Topliss-reactive ketones (excluding diaryl/α,β-unsaturated/α-hetero) is 1. The fraction of sp³-hybridized carbons (Fsp3) is 0.562. The summed E-state index contributed by atoms with van der Waals surface area (Å²) in [6, 6.07) is 6.40. The fourth-order valence-corrected chi connectivity index (χ4v) is 2.86. The summed E-state index contributed by atoms with van der Waals surface area (Å²) in [6.07, 6.45) is 4.49. The molecule has 1 aliphatic carbocycles. The molecule has 0 saturated carbocycles. The van der Waals surface area contributed by atoms with Gasteiger partial charge in [0.2, 0.25) is 0 Å². The molecule has 0 bridgehead atoms. The number of carbonyl (C=O) groups excluding carboxylic acids is 1. The van der Waals surface area contributed by atoms with E-state index in [0.717, 1.165) is 31.4 Å². The van der Waals surface area contributed by atoms with Crippen LogP contribution in [-0.4, -0.2) is 26.0 Å². The lowest BCUT2D eigenvalue weighted by molar-refractivity contribution is 0.0846. The van der Waals surface area contributed by atoms with Crippen molar-refractivity contribution in [1.29, 1.82) is 0 Å². The van der Waals surface area contributed by atoms with Crippen LogP contribution in [0.2, 0.25) is 0 Å². The van der Waals surface area contributed by atoms with Crippen molar-refractivity contribution in [3.63, 3.8) is 0 Å². The summed E-state index contributed by atoms with van der Waals surface area (Å²) in [7, 11) is 1.57. The highest BCUT2D eigenvalue weighted by molar-refractivity contribution is 5.99. The van der Waals surface area contributed by atoms with Gasteiger partial charge < -0.3 is 10.1 Å². The summed E-state index contributed by atoms with van der Waals surface area (Å²) in [5.41, 5.74) is 3.37. The zero-order valence-electron chi connectivity index (χ0n) is 11.9. The van der Waals surface area contributed by atoms with E-state index in [9.17, 15) is 4.79 Å². The minimum Gasteiger partial charge on any atom is -0.377 e. The Kier molecular flexibility index (Phi) is 5.11. The monoisotopic (exact) mass is 261 g/mol. The van der Waals surface area contributed by atoms with Crippen LogP contribution in [0.4, 0.5) is 0 Å². The van der Waals surface area contributed by atoms with Crippen LogP contribution in [0.3, 0.4) is 0 Å². The Bertz CT molecular complexity index is 442. The van der Waals surface area contributed by atoms with Gasteiger partial charge in [0.25, 0.3) is 0 Å².